The van der Waals surface area contributed by atoms with Gasteiger partial charge in [-0.1, -0.05) is 0 Å². The maximum atomic E-state index is 12.5. The van der Waals surface area contributed by atoms with Gasteiger partial charge in [0.15, 0.2) is 0 Å². The molecule has 0 bridgehead atoms. The van der Waals surface area contributed by atoms with Crippen molar-refractivity contribution in [2.75, 3.05) is 74.9 Å². The molecule has 0 spiro atoms. The van der Waals surface area contributed by atoms with Gasteiger partial charge in [0.05, 0.1) is 18.6 Å². The van der Waals surface area contributed by atoms with Crippen molar-refractivity contribution in [3.8, 4) is 0 Å². The van der Waals surface area contributed by atoms with Crippen molar-refractivity contribution >= 4 is 35.2 Å². The Kier molecular flexibility index (Phi) is 16.9. The number of nitrogens with zero attached hydrogens (tertiary/aromatic N) is 7. The van der Waals surface area contributed by atoms with Gasteiger partial charge in [0.25, 0.3) is 0 Å². The molecule has 3 amide bonds. The van der Waals surface area contributed by atoms with Crippen LogP contribution in [-0.2, 0) is 14.4 Å². The van der Waals surface area contributed by atoms with E-state index in [2.05, 4.69) is 46.9 Å². The maximum absolute atomic E-state index is 12.5. The van der Waals surface area contributed by atoms with Crippen LogP contribution in [0.25, 0.3) is 0 Å². The van der Waals surface area contributed by atoms with E-state index >= 15 is 0 Å². The zero-order valence-corrected chi connectivity index (χ0v) is 28.5. The minimum absolute atomic E-state index is 0.133. The molecule has 22 heteroatoms. The first kappa shape index (κ1) is 40.2. The number of hydrogen-bond acceptors (Lipinski definition) is 16. The smallest absolute Gasteiger partial charge is 0.382 e. The third-order valence-electron chi connectivity index (χ3n) is 7.27. The molecule has 9 N–H and O–H groups in total. The molecule has 3 aromatic heterocycles. The lowest BCUT2D eigenvalue weighted by Gasteiger charge is -2.22. The molecule has 284 valence electrons. The molecule has 0 atom stereocenters. The second-order valence-corrected chi connectivity index (χ2v) is 11.3. The van der Waals surface area contributed by atoms with Gasteiger partial charge in [-0.2, -0.15) is 15.0 Å². The molecule has 52 heavy (non-hydrogen) atoms. The van der Waals surface area contributed by atoms with E-state index in [1.54, 1.807) is 0 Å². The second kappa shape index (κ2) is 21.8. The van der Waals surface area contributed by atoms with E-state index in [0.717, 1.165) is 0 Å². The molecule has 0 saturated heterocycles. The summed E-state index contributed by atoms with van der Waals surface area (Å²) in [4.78, 5) is 84.6. The highest BCUT2D eigenvalue weighted by Crippen LogP contribution is 2.01. The monoisotopic (exact) mass is 731 g/mol. The van der Waals surface area contributed by atoms with Gasteiger partial charge >= 0.3 is 17.1 Å². The minimum Gasteiger partial charge on any atom is -0.424 e. The summed E-state index contributed by atoms with van der Waals surface area (Å²) in [7, 11) is 0. The fourth-order valence-electron chi connectivity index (χ4n) is 4.46. The highest BCUT2D eigenvalue weighted by molar-refractivity contribution is 5.77. The van der Waals surface area contributed by atoms with E-state index in [4.69, 9.17) is 0 Å². The molecular weight excluding hydrogens is 686 g/mol. The molecule has 0 fully saturated rings. The predicted molar refractivity (Wildman–Crippen MR) is 186 cm³/mol. The number of nitrogens with one attached hydrogen (secondary N) is 6. The first-order valence-corrected chi connectivity index (χ1v) is 16.6. The van der Waals surface area contributed by atoms with Crippen LogP contribution in [-0.4, -0.2) is 126 Å². The number of rotatable bonds is 24. The van der Waals surface area contributed by atoms with Gasteiger partial charge in [-0.25, -0.2) is 14.4 Å². The summed E-state index contributed by atoms with van der Waals surface area (Å²) in [6.45, 7) is 3.26. The summed E-state index contributed by atoms with van der Waals surface area (Å²) in [6.07, 6.45) is 5.53. The van der Waals surface area contributed by atoms with Gasteiger partial charge in [0, 0.05) is 96.4 Å². The van der Waals surface area contributed by atoms with Crippen molar-refractivity contribution < 1.29 is 30.0 Å². The van der Waals surface area contributed by atoms with Gasteiger partial charge in [0.2, 0.25) is 17.7 Å². The van der Waals surface area contributed by atoms with Crippen LogP contribution in [0.5, 0.6) is 0 Å². The van der Waals surface area contributed by atoms with Crippen molar-refractivity contribution in [3.63, 3.8) is 0 Å². The van der Waals surface area contributed by atoms with Crippen LogP contribution in [0.2, 0.25) is 0 Å². The Labute approximate surface area is 296 Å². The Balaban J connectivity index is 1.36. The van der Waals surface area contributed by atoms with Gasteiger partial charge in [-0.15, -0.1) is 14.2 Å². The second-order valence-electron chi connectivity index (χ2n) is 11.3. The number of carbonyl (C=O) groups is 3. The van der Waals surface area contributed by atoms with Crippen molar-refractivity contribution in [1.82, 2.24) is 50.0 Å². The van der Waals surface area contributed by atoms with Crippen LogP contribution >= 0.6 is 0 Å². The van der Waals surface area contributed by atoms with Crippen molar-refractivity contribution in [2.45, 2.75) is 38.5 Å². The zero-order valence-electron chi connectivity index (χ0n) is 28.5. The summed E-state index contributed by atoms with van der Waals surface area (Å²) in [5.41, 5.74) is -2.44. The standard InChI is InChI=1S/C30H45N13O9/c44-25(34-13-1-10-31-22-4-19-41(50)28(47)37-22)7-16-40(17-8-26(45)35-14-2-11-32-23-5-20-42(51)29(48)38-23)18-9-27(46)36-15-3-12-33-24-6-21-43(52)30(49)39-24/h4-6,19-21,50-52H,1-3,7-18H2,(H,34,44)(H,35,45)(H,36,46)(H,31,37,47)(H,32,38,48)(H,33,39,49). The number of aromatic nitrogens is 6. The van der Waals surface area contributed by atoms with E-state index < -0.39 is 17.1 Å². The normalized spacial score (nSPS) is 10.8. The SMILES string of the molecule is O=C(CCN(CCC(=O)NCCCNc1ccn(O)c(=O)n1)CCC(=O)NCCCNc1ccn(O)c(=O)n1)NCCCNc1ccn(O)c(=O)n1. The first-order valence-electron chi connectivity index (χ1n) is 16.6. The lowest BCUT2D eigenvalue weighted by molar-refractivity contribution is -0.121. The summed E-state index contributed by atoms with van der Waals surface area (Å²) in [5, 5.41) is 44.9. The fraction of sp³-hybridized carbons (Fsp3) is 0.500. The lowest BCUT2D eigenvalue weighted by Crippen LogP contribution is -2.37. The van der Waals surface area contributed by atoms with E-state index in [1.165, 1.54) is 36.8 Å². The molecule has 0 aliphatic carbocycles. The molecule has 0 unspecified atom stereocenters. The molecule has 0 aromatic carbocycles. The van der Waals surface area contributed by atoms with Crippen LogP contribution in [0.4, 0.5) is 17.5 Å². The van der Waals surface area contributed by atoms with Gasteiger partial charge in [0.1, 0.15) is 17.5 Å². The number of carbonyl (C=O) groups excluding carboxylic acids is 3. The Morgan fingerprint density at radius 3 is 1.08 bits per heavy atom. The summed E-state index contributed by atoms with van der Waals surface area (Å²) in [6, 6.07) is 4.31. The largest absolute Gasteiger partial charge is 0.424 e. The zero-order chi connectivity index (χ0) is 37.7. The van der Waals surface area contributed by atoms with Gasteiger partial charge in [-0.3, -0.25) is 14.4 Å². The van der Waals surface area contributed by atoms with Crippen LogP contribution in [0.1, 0.15) is 38.5 Å². The molecule has 0 saturated carbocycles. The third-order valence-corrected chi connectivity index (χ3v) is 7.27. The quantitative estimate of drug-likeness (QED) is 0.0346. The number of amides is 3. The minimum atomic E-state index is -0.813. The summed E-state index contributed by atoms with van der Waals surface area (Å²) >= 11 is 0. The molecule has 3 rings (SSSR count). The van der Waals surface area contributed by atoms with E-state index in [9.17, 15) is 44.4 Å². The van der Waals surface area contributed by atoms with E-state index in [0.29, 0.717) is 110 Å². The van der Waals surface area contributed by atoms with Crippen molar-refractivity contribution in [3.05, 3.63) is 68.2 Å². The maximum Gasteiger partial charge on any atom is 0.382 e. The Hall–Kier alpha value is -6.19. The molecule has 3 heterocycles. The van der Waals surface area contributed by atoms with Crippen molar-refractivity contribution in [1.29, 1.82) is 0 Å². The van der Waals surface area contributed by atoms with E-state index in [-0.39, 0.29) is 37.0 Å². The predicted octanol–water partition coefficient (Wildman–Crippen LogP) is -2.30. The van der Waals surface area contributed by atoms with Crippen LogP contribution in [0.15, 0.2) is 51.2 Å². The molecule has 0 aliphatic heterocycles. The van der Waals surface area contributed by atoms with Crippen LogP contribution in [0.3, 0.4) is 0 Å². The highest BCUT2D eigenvalue weighted by Gasteiger charge is 2.13. The highest BCUT2D eigenvalue weighted by atomic mass is 16.5. The average molecular weight is 732 g/mol. The average Bonchev–Trinajstić information content (AvgIpc) is 3.11. The molecule has 3 aromatic rings. The van der Waals surface area contributed by atoms with Gasteiger partial charge in [-0.05, 0) is 19.3 Å². The topological polar surface area (TPSA) is 292 Å². The number of hydrogen-bond donors (Lipinski definition) is 9. The number of anilines is 3. The summed E-state index contributed by atoms with van der Waals surface area (Å²) in [5.74, 6) is 0.262. The van der Waals surface area contributed by atoms with Crippen LogP contribution in [0, 0.1) is 0 Å². The fourth-order valence-corrected chi connectivity index (χ4v) is 4.46. The molecular formula is C30H45N13O9. The Bertz CT molecular complexity index is 1580. The molecule has 22 nitrogen and oxygen atoms in total. The van der Waals surface area contributed by atoms with Crippen molar-refractivity contribution in [2.24, 2.45) is 0 Å². The summed E-state index contributed by atoms with van der Waals surface area (Å²) < 4.78 is 1.09. The van der Waals surface area contributed by atoms with E-state index in [1.807, 2.05) is 4.90 Å². The van der Waals surface area contributed by atoms with Gasteiger partial charge < -0.3 is 52.4 Å². The lowest BCUT2D eigenvalue weighted by atomic mass is 10.2. The Morgan fingerprint density at radius 1 is 0.519 bits per heavy atom. The Morgan fingerprint density at radius 2 is 0.808 bits per heavy atom. The first-order chi connectivity index (χ1) is 25.0. The molecule has 0 aliphatic rings. The molecule has 0 radical (unpaired) electrons. The third kappa shape index (κ3) is 15.6. The van der Waals surface area contributed by atoms with Crippen LogP contribution < -0.4 is 49.0 Å².